The number of carbonyl (C=O) groups is 1. The van der Waals surface area contributed by atoms with E-state index in [0.29, 0.717) is 23.1 Å². The number of nitrogens with one attached hydrogen (secondary N) is 2. The van der Waals surface area contributed by atoms with Crippen LogP contribution in [0.4, 0.5) is 5.69 Å². The third kappa shape index (κ3) is 5.52. The van der Waals surface area contributed by atoms with Crippen LogP contribution in [0.5, 0.6) is 0 Å². The van der Waals surface area contributed by atoms with Gasteiger partial charge in [-0.15, -0.1) is 0 Å². The molecule has 1 heterocycles. The molecule has 0 saturated carbocycles. The molecule has 0 aliphatic rings. The molecule has 0 saturated heterocycles. The minimum Gasteiger partial charge on any atom is -0.326 e. The Morgan fingerprint density at radius 1 is 1.10 bits per heavy atom. The highest BCUT2D eigenvalue weighted by Gasteiger charge is 2.13. The first kappa shape index (κ1) is 22.6. The van der Waals surface area contributed by atoms with Crippen molar-refractivity contribution < 1.29 is 4.79 Å². The number of guanidine groups is 1. The summed E-state index contributed by atoms with van der Waals surface area (Å²) in [6.45, 7) is 11.3. The Kier molecular flexibility index (Phi) is 7.13. The number of nitrogens with zero attached hydrogens (tertiary/aromatic N) is 3. The highest BCUT2D eigenvalue weighted by Crippen LogP contribution is 2.18. The number of anilines is 1. The second kappa shape index (κ2) is 9.79. The molecule has 0 unspecified atom stereocenters. The molecule has 3 aromatic rings. The number of amides is 1. The lowest BCUT2D eigenvalue weighted by Crippen LogP contribution is -2.36. The van der Waals surface area contributed by atoms with Gasteiger partial charge < -0.3 is 5.32 Å². The summed E-state index contributed by atoms with van der Waals surface area (Å²) in [6, 6.07) is 12.9. The van der Waals surface area contributed by atoms with Gasteiger partial charge in [-0.1, -0.05) is 23.7 Å². The van der Waals surface area contributed by atoms with Gasteiger partial charge in [-0.3, -0.25) is 14.8 Å². The van der Waals surface area contributed by atoms with E-state index in [2.05, 4.69) is 28.7 Å². The lowest BCUT2D eigenvalue weighted by atomic mass is 10.1. The first-order valence-electron chi connectivity index (χ1n) is 10.3. The van der Waals surface area contributed by atoms with E-state index >= 15 is 0 Å². The van der Waals surface area contributed by atoms with Crippen molar-refractivity contribution in [3.63, 3.8) is 0 Å². The summed E-state index contributed by atoms with van der Waals surface area (Å²) >= 11 is 5.95. The zero-order valence-electron chi connectivity index (χ0n) is 18.6. The van der Waals surface area contributed by atoms with E-state index in [0.717, 1.165) is 40.3 Å². The van der Waals surface area contributed by atoms with Crippen molar-refractivity contribution in [3.05, 3.63) is 81.1 Å². The van der Waals surface area contributed by atoms with Gasteiger partial charge >= 0.3 is 0 Å². The fourth-order valence-electron chi connectivity index (χ4n) is 3.32. The third-order valence-electron chi connectivity index (χ3n) is 5.21. The molecular formula is C24H28ClN5O. The average molecular weight is 438 g/mol. The number of rotatable bonds is 5. The molecule has 6 nitrogen and oxygen atoms in total. The van der Waals surface area contributed by atoms with Gasteiger partial charge in [-0.05, 0) is 76.1 Å². The number of hydrogen-bond acceptors (Lipinski definition) is 3. The lowest BCUT2D eigenvalue weighted by Gasteiger charge is -2.14. The van der Waals surface area contributed by atoms with Crippen LogP contribution in [0.3, 0.4) is 0 Å². The number of carbonyl (C=O) groups excluding carboxylic acids is 1. The molecule has 7 heteroatoms. The van der Waals surface area contributed by atoms with Gasteiger partial charge in [0, 0.05) is 34.1 Å². The topological polar surface area (TPSA) is 71.3 Å². The van der Waals surface area contributed by atoms with Crippen molar-refractivity contribution in [2.75, 3.05) is 5.32 Å². The van der Waals surface area contributed by atoms with E-state index in [9.17, 15) is 4.79 Å². The van der Waals surface area contributed by atoms with Crippen LogP contribution in [-0.2, 0) is 13.1 Å². The Morgan fingerprint density at radius 2 is 1.81 bits per heavy atom. The average Bonchev–Trinajstić information content (AvgIpc) is 3.02. The van der Waals surface area contributed by atoms with Gasteiger partial charge in [0.15, 0.2) is 0 Å². The van der Waals surface area contributed by atoms with E-state index in [1.165, 1.54) is 0 Å². The number of aliphatic imine (C=N–C) groups is 1. The predicted octanol–water partition coefficient (Wildman–Crippen LogP) is 5.19. The molecule has 2 aromatic carbocycles. The first-order valence-corrected chi connectivity index (χ1v) is 10.6. The zero-order valence-corrected chi connectivity index (χ0v) is 19.3. The van der Waals surface area contributed by atoms with Gasteiger partial charge in [0.05, 0.1) is 12.2 Å². The molecule has 0 atom stereocenters. The molecule has 0 bridgehead atoms. The summed E-state index contributed by atoms with van der Waals surface area (Å²) in [6.07, 6.45) is 0. The summed E-state index contributed by atoms with van der Waals surface area (Å²) in [5.41, 5.74) is 6.66. The number of aromatic nitrogens is 2. The Bertz CT molecular complexity index is 1120. The van der Waals surface area contributed by atoms with E-state index in [4.69, 9.17) is 16.6 Å². The van der Waals surface area contributed by atoms with Crippen molar-refractivity contribution >= 4 is 29.2 Å². The highest BCUT2D eigenvalue weighted by molar-refractivity contribution is 6.30. The molecule has 1 amide bonds. The third-order valence-corrected chi connectivity index (χ3v) is 5.46. The fraction of sp³-hybridized carbons (Fsp3) is 0.292. The molecule has 0 aliphatic carbocycles. The minimum atomic E-state index is -0.258. The molecule has 31 heavy (non-hydrogen) atoms. The lowest BCUT2D eigenvalue weighted by molar-refractivity contribution is 0.0977. The van der Waals surface area contributed by atoms with Crippen LogP contribution < -0.4 is 10.6 Å². The number of aryl methyl sites for hydroxylation is 4. The monoisotopic (exact) mass is 437 g/mol. The molecule has 2 N–H and O–H groups in total. The van der Waals surface area contributed by atoms with Crippen molar-refractivity contribution in [1.82, 2.24) is 15.1 Å². The van der Waals surface area contributed by atoms with Crippen LogP contribution in [0, 0.1) is 27.7 Å². The fourth-order valence-corrected chi connectivity index (χ4v) is 3.44. The predicted molar refractivity (Wildman–Crippen MR) is 127 cm³/mol. The minimum absolute atomic E-state index is 0.258. The number of benzene rings is 2. The summed E-state index contributed by atoms with van der Waals surface area (Å²) in [5, 5.41) is 11.3. The van der Waals surface area contributed by atoms with Gasteiger partial charge in [0.2, 0.25) is 5.96 Å². The molecule has 162 valence electrons. The highest BCUT2D eigenvalue weighted by atomic mass is 35.5. The van der Waals surface area contributed by atoms with Crippen molar-refractivity contribution in [1.29, 1.82) is 0 Å². The molecule has 0 aliphatic heterocycles. The first-order chi connectivity index (χ1) is 14.8. The Labute approximate surface area is 188 Å². The summed E-state index contributed by atoms with van der Waals surface area (Å²) in [7, 11) is 0. The van der Waals surface area contributed by atoms with E-state index in [1.54, 1.807) is 24.3 Å². The van der Waals surface area contributed by atoms with Gasteiger partial charge in [0.25, 0.3) is 5.91 Å². The summed E-state index contributed by atoms with van der Waals surface area (Å²) in [4.78, 5) is 17.5. The second-order valence-corrected chi connectivity index (χ2v) is 7.97. The SMILES string of the molecule is CCn1nc(C)c(CN=C(NC(=O)c2ccc(Cl)cc2)Nc2cc(C)ccc2C)c1C. The number of hydrogen-bond donors (Lipinski definition) is 2. The smallest absolute Gasteiger partial charge is 0.257 e. The van der Waals surface area contributed by atoms with Crippen LogP contribution in [0.15, 0.2) is 47.5 Å². The molecule has 3 rings (SSSR count). The summed E-state index contributed by atoms with van der Waals surface area (Å²) < 4.78 is 1.96. The van der Waals surface area contributed by atoms with Crippen molar-refractivity contribution in [2.45, 2.75) is 47.7 Å². The number of halogens is 1. The maximum Gasteiger partial charge on any atom is 0.257 e. The molecule has 0 radical (unpaired) electrons. The van der Waals surface area contributed by atoms with E-state index in [1.807, 2.05) is 44.5 Å². The van der Waals surface area contributed by atoms with Crippen molar-refractivity contribution in [3.8, 4) is 0 Å². The Hall–Kier alpha value is -3.12. The molecule has 0 spiro atoms. The molecular weight excluding hydrogens is 410 g/mol. The second-order valence-electron chi connectivity index (χ2n) is 7.53. The molecule has 1 aromatic heterocycles. The maximum atomic E-state index is 12.8. The van der Waals surface area contributed by atoms with Crippen LogP contribution in [0.1, 0.15) is 45.4 Å². The normalized spacial score (nSPS) is 11.5. The molecule has 0 fully saturated rings. The van der Waals surface area contributed by atoms with Gasteiger partial charge in [0.1, 0.15) is 0 Å². The Balaban J connectivity index is 1.90. The summed E-state index contributed by atoms with van der Waals surface area (Å²) in [5.74, 6) is 0.127. The van der Waals surface area contributed by atoms with Crippen LogP contribution in [0.25, 0.3) is 0 Å². The van der Waals surface area contributed by atoms with E-state index in [-0.39, 0.29) is 5.91 Å². The maximum absolute atomic E-state index is 12.8. The van der Waals surface area contributed by atoms with Crippen LogP contribution in [-0.4, -0.2) is 21.6 Å². The van der Waals surface area contributed by atoms with Crippen LogP contribution >= 0.6 is 11.6 Å². The van der Waals surface area contributed by atoms with Gasteiger partial charge in [-0.2, -0.15) is 5.10 Å². The van der Waals surface area contributed by atoms with E-state index < -0.39 is 0 Å². The standard InChI is InChI=1S/C24H28ClN5O/c1-6-30-18(5)21(17(4)29-30)14-26-24(27-22-13-15(2)7-8-16(22)3)28-23(31)19-9-11-20(25)12-10-19/h7-13H,6,14H2,1-5H3,(H2,26,27,28,31). The van der Waals surface area contributed by atoms with Crippen LogP contribution in [0.2, 0.25) is 5.02 Å². The quantitative estimate of drug-likeness (QED) is 0.426. The zero-order chi connectivity index (χ0) is 22.5. The Morgan fingerprint density at radius 3 is 2.45 bits per heavy atom. The van der Waals surface area contributed by atoms with Gasteiger partial charge in [-0.25, -0.2) is 4.99 Å². The van der Waals surface area contributed by atoms with Crippen molar-refractivity contribution in [2.24, 2.45) is 4.99 Å². The largest absolute Gasteiger partial charge is 0.326 e.